The molecule has 0 atom stereocenters. The van der Waals surface area contributed by atoms with Crippen molar-refractivity contribution in [1.82, 2.24) is 4.72 Å². The average molecular weight is 298 g/mol. The van der Waals surface area contributed by atoms with E-state index in [-0.39, 0.29) is 9.92 Å². The maximum absolute atomic E-state index is 11.9. The molecule has 0 aliphatic carbocycles. The molecule has 96 valence electrons. The zero-order valence-electron chi connectivity index (χ0n) is 9.63. The van der Waals surface area contributed by atoms with E-state index in [1.165, 1.54) is 12.1 Å². The van der Waals surface area contributed by atoms with Gasteiger partial charge in [0.2, 0.25) is 10.0 Å². The number of hydrogen-bond acceptors (Lipinski definition) is 2. The zero-order valence-corrected chi connectivity index (χ0v) is 12.0. The molecule has 0 bridgehead atoms. The van der Waals surface area contributed by atoms with Crippen molar-refractivity contribution in [3.05, 3.63) is 28.2 Å². The Morgan fingerprint density at radius 2 is 1.94 bits per heavy atom. The predicted octanol–water partition coefficient (Wildman–Crippen LogP) is 0.416. The fraction of sp³-hybridized carbons (Fsp3) is 0.400. The Hall–Kier alpha value is -0.330. The van der Waals surface area contributed by atoms with Gasteiger partial charge in [0, 0.05) is 5.02 Å². The highest BCUT2D eigenvalue weighted by Crippen LogP contribution is 2.24. The van der Waals surface area contributed by atoms with Crippen molar-refractivity contribution in [3.8, 4) is 0 Å². The molecule has 4 nitrogen and oxygen atoms in total. The monoisotopic (exact) mass is 297 g/mol. The van der Waals surface area contributed by atoms with Crippen molar-refractivity contribution in [3.63, 3.8) is 0 Å². The first kappa shape index (κ1) is 14.7. The molecule has 0 saturated carbocycles. The summed E-state index contributed by atoms with van der Waals surface area (Å²) in [6.07, 6.45) is 0. The number of quaternary nitrogens is 1. The summed E-state index contributed by atoms with van der Waals surface area (Å²) >= 11 is 11.6. The van der Waals surface area contributed by atoms with Crippen LogP contribution in [0.15, 0.2) is 23.1 Å². The Kier molecular flexibility index (Phi) is 5.22. The molecule has 0 aliphatic rings. The zero-order chi connectivity index (χ0) is 13.1. The lowest BCUT2D eigenvalue weighted by molar-refractivity contribution is -0.856. The summed E-state index contributed by atoms with van der Waals surface area (Å²) in [5.74, 6) is 0. The van der Waals surface area contributed by atoms with Gasteiger partial charge >= 0.3 is 0 Å². The molecule has 0 fully saturated rings. The van der Waals surface area contributed by atoms with Gasteiger partial charge in [-0.3, -0.25) is 0 Å². The summed E-state index contributed by atoms with van der Waals surface area (Å²) in [5.41, 5.74) is 0. The molecule has 7 heteroatoms. The standard InChI is InChI=1S/C10H14Cl2N2O2S/c1-14(2)6-5-13-17(15,16)10-7-8(11)3-4-9(10)12/h3-4,7,13H,5-6H2,1-2H3/p+1. The molecule has 1 rings (SSSR count). The van der Waals surface area contributed by atoms with E-state index in [4.69, 9.17) is 23.2 Å². The van der Waals surface area contributed by atoms with E-state index >= 15 is 0 Å². The maximum atomic E-state index is 11.9. The number of sulfonamides is 1. The molecule has 0 unspecified atom stereocenters. The van der Waals surface area contributed by atoms with Crippen LogP contribution in [0.5, 0.6) is 0 Å². The van der Waals surface area contributed by atoms with Gasteiger partial charge in [0.05, 0.1) is 32.2 Å². The molecule has 2 N–H and O–H groups in total. The van der Waals surface area contributed by atoms with E-state index in [1.807, 2.05) is 14.1 Å². The minimum absolute atomic E-state index is 0.0143. The summed E-state index contributed by atoms with van der Waals surface area (Å²) in [6.45, 7) is 1.05. The van der Waals surface area contributed by atoms with Gasteiger partial charge in [-0.15, -0.1) is 0 Å². The molecular formula is C10H15Cl2N2O2S+. The van der Waals surface area contributed by atoms with Crippen molar-refractivity contribution in [2.45, 2.75) is 4.90 Å². The molecule has 0 heterocycles. The van der Waals surface area contributed by atoms with Gasteiger partial charge in [-0.1, -0.05) is 23.2 Å². The van der Waals surface area contributed by atoms with E-state index in [2.05, 4.69) is 4.72 Å². The number of benzene rings is 1. The fourth-order valence-electron chi connectivity index (χ4n) is 1.20. The van der Waals surface area contributed by atoms with E-state index < -0.39 is 10.0 Å². The Balaban J connectivity index is 2.86. The fourth-order valence-corrected chi connectivity index (χ4v) is 2.99. The van der Waals surface area contributed by atoms with Gasteiger partial charge in [-0.25, -0.2) is 13.1 Å². The summed E-state index contributed by atoms with van der Waals surface area (Å²) < 4.78 is 26.3. The molecule has 1 aromatic carbocycles. The van der Waals surface area contributed by atoms with Crippen LogP contribution in [0.25, 0.3) is 0 Å². The van der Waals surface area contributed by atoms with Crippen molar-refractivity contribution in [2.75, 3.05) is 27.2 Å². The predicted molar refractivity (Wildman–Crippen MR) is 69.3 cm³/mol. The van der Waals surface area contributed by atoms with Crippen molar-refractivity contribution in [1.29, 1.82) is 0 Å². The Bertz CT molecular complexity index is 489. The molecule has 1 aromatic rings. The van der Waals surface area contributed by atoms with Gasteiger partial charge in [-0.2, -0.15) is 0 Å². The van der Waals surface area contributed by atoms with Crippen LogP contribution in [0.1, 0.15) is 0 Å². The highest BCUT2D eigenvalue weighted by atomic mass is 35.5. The number of rotatable bonds is 5. The minimum atomic E-state index is -3.59. The van der Waals surface area contributed by atoms with Crippen LogP contribution in [0.4, 0.5) is 0 Å². The molecule has 0 aliphatic heterocycles. The second kappa shape index (κ2) is 6.02. The molecule has 0 spiro atoms. The molecule has 0 saturated heterocycles. The van der Waals surface area contributed by atoms with Gasteiger partial charge in [-0.05, 0) is 18.2 Å². The molecule has 17 heavy (non-hydrogen) atoms. The van der Waals surface area contributed by atoms with Crippen molar-refractivity contribution >= 4 is 33.2 Å². The van der Waals surface area contributed by atoms with Crippen LogP contribution in [-0.2, 0) is 10.0 Å². The second-order valence-electron chi connectivity index (χ2n) is 3.93. The van der Waals surface area contributed by atoms with Crippen LogP contribution in [-0.4, -0.2) is 35.6 Å². The molecule has 0 aromatic heterocycles. The first-order valence-corrected chi connectivity index (χ1v) is 7.30. The third-order valence-corrected chi connectivity index (χ3v) is 4.28. The van der Waals surface area contributed by atoms with E-state index in [1.54, 1.807) is 6.07 Å². The van der Waals surface area contributed by atoms with Gasteiger partial charge in [0.15, 0.2) is 0 Å². The van der Waals surface area contributed by atoms with E-state index in [0.717, 1.165) is 4.90 Å². The molecular weight excluding hydrogens is 283 g/mol. The van der Waals surface area contributed by atoms with Crippen LogP contribution >= 0.6 is 23.2 Å². The van der Waals surface area contributed by atoms with Gasteiger partial charge < -0.3 is 4.90 Å². The Labute approximate surface area is 112 Å². The largest absolute Gasteiger partial charge is 0.339 e. The average Bonchev–Trinajstić information content (AvgIpc) is 2.20. The van der Waals surface area contributed by atoms with Crippen molar-refractivity contribution < 1.29 is 13.3 Å². The van der Waals surface area contributed by atoms with Crippen LogP contribution in [0.2, 0.25) is 10.0 Å². The number of likely N-dealkylation sites (N-methyl/N-ethyl adjacent to an activating group) is 1. The second-order valence-corrected chi connectivity index (χ2v) is 6.51. The summed E-state index contributed by atoms with van der Waals surface area (Å²) in [6, 6.07) is 4.36. The van der Waals surface area contributed by atoms with E-state index in [0.29, 0.717) is 18.1 Å². The Morgan fingerprint density at radius 1 is 1.29 bits per heavy atom. The number of halogens is 2. The Morgan fingerprint density at radius 3 is 2.53 bits per heavy atom. The third-order valence-electron chi connectivity index (χ3n) is 2.10. The minimum Gasteiger partial charge on any atom is -0.339 e. The SMILES string of the molecule is C[NH+](C)CCNS(=O)(=O)c1cc(Cl)ccc1Cl. The third kappa shape index (κ3) is 4.44. The first-order valence-electron chi connectivity index (χ1n) is 5.06. The quantitative estimate of drug-likeness (QED) is 0.827. The lowest BCUT2D eigenvalue weighted by Gasteiger charge is -2.10. The summed E-state index contributed by atoms with van der Waals surface area (Å²) in [4.78, 5) is 1.17. The van der Waals surface area contributed by atoms with Crippen LogP contribution in [0, 0.1) is 0 Å². The van der Waals surface area contributed by atoms with Crippen LogP contribution in [0.3, 0.4) is 0 Å². The number of nitrogens with one attached hydrogen (secondary N) is 2. The van der Waals surface area contributed by atoms with E-state index in [9.17, 15) is 8.42 Å². The van der Waals surface area contributed by atoms with Crippen LogP contribution < -0.4 is 9.62 Å². The smallest absolute Gasteiger partial charge is 0.242 e. The normalized spacial score (nSPS) is 12.1. The lowest BCUT2D eigenvalue weighted by atomic mass is 10.4. The number of hydrogen-bond donors (Lipinski definition) is 2. The van der Waals surface area contributed by atoms with Crippen molar-refractivity contribution in [2.24, 2.45) is 0 Å². The topological polar surface area (TPSA) is 50.6 Å². The first-order chi connectivity index (χ1) is 7.83. The van der Waals surface area contributed by atoms with Gasteiger partial charge in [0.1, 0.15) is 4.90 Å². The maximum Gasteiger partial charge on any atom is 0.242 e. The summed E-state index contributed by atoms with van der Waals surface area (Å²) in [5, 5.41) is 0.507. The molecule has 0 radical (unpaired) electrons. The highest BCUT2D eigenvalue weighted by molar-refractivity contribution is 7.89. The molecule has 0 amide bonds. The lowest BCUT2D eigenvalue weighted by Crippen LogP contribution is -3.06. The highest BCUT2D eigenvalue weighted by Gasteiger charge is 2.18. The van der Waals surface area contributed by atoms with Gasteiger partial charge in [0.25, 0.3) is 0 Å². The summed E-state index contributed by atoms with van der Waals surface area (Å²) in [7, 11) is 0.301.